The molecular weight excluding hydrogens is 307 g/mol. The van der Waals surface area contributed by atoms with E-state index in [4.69, 9.17) is 33.0 Å². The number of carbonyl (C=O) groups is 1. The molecule has 0 unspecified atom stereocenters. The van der Waals surface area contributed by atoms with Crippen LogP contribution in [0.1, 0.15) is 15.9 Å². The minimum Gasteiger partial charge on any atom is -0.485 e. The number of hydrogen-bond donors (Lipinski definition) is 1. The summed E-state index contributed by atoms with van der Waals surface area (Å²) in [7, 11) is 0. The number of aliphatic hydroxyl groups excluding tert-OH is 1. The fraction of sp³-hybridized carbons (Fsp3) is 0.154. The monoisotopic (exact) mass is 316 g/mol. The lowest BCUT2D eigenvalue weighted by Crippen LogP contribution is -2.11. The molecule has 1 N–H and O–H groups in total. The van der Waals surface area contributed by atoms with Crippen molar-refractivity contribution in [1.82, 2.24) is 0 Å². The fourth-order valence-electron chi connectivity index (χ4n) is 1.49. The van der Waals surface area contributed by atoms with Crippen LogP contribution in [0.3, 0.4) is 0 Å². The number of ketones is 1. The van der Waals surface area contributed by atoms with Crippen molar-refractivity contribution in [1.29, 1.82) is 0 Å². The normalized spacial score (nSPS) is 10.5. The van der Waals surface area contributed by atoms with Gasteiger partial charge in [0.05, 0.1) is 16.5 Å². The molecule has 0 atom stereocenters. The van der Waals surface area contributed by atoms with Gasteiger partial charge in [0.15, 0.2) is 6.61 Å². The molecule has 0 bridgehead atoms. The molecule has 0 radical (unpaired) electrons. The summed E-state index contributed by atoms with van der Waals surface area (Å²) < 4.78 is 6.20. The van der Waals surface area contributed by atoms with E-state index in [1.165, 1.54) is 6.07 Å². The van der Waals surface area contributed by atoms with Crippen LogP contribution in [0.15, 0.2) is 30.3 Å². The summed E-state index contributed by atoms with van der Waals surface area (Å²) in [4.78, 5) is 11.9. The van der Waals surface area contributed by atoms with Crippen molar-refractivity contribution in [2.45, 2.75) is 6.61 Å². The van der Waals surface area contributed by atoms with Crippen LogP contribution in [0.2, 0.25) is 8.67 Å². The van der Waals surface area contributed by atoms with Gasteiger partial charge in [0.1, 0.15) is 10.1 Å². The third-order valence-corrected chi connectivity index (χ3v) is 3.90. The van der Waals surface area contributed by atoms with Crippen LogP contribution in [0.4, 0.5) is 0 Å². The number of Topliss-reactive ketones (excluding diaryl/α,β-unsaturated/α-hetero) is 1. The van der Waals surface area contributed by atoms with Gasteiger partial charge in [0.2, 0.25) is 5.78 Å². The molecule has 1 aromatic carbocycles. The topological polar surface area (TPSA) is 46.5 Å². The van der Waals surface area contributed by atoms with E-state index in [2.05, 4.69) is 0 Å². The number of benzene rings is 1. The molecule has 0 fully saturated rings. The lowest BCUT2D eigenvalue weighted by atomic mass is 10.2. The van der Waals surface area contributed by atoms with E-state index in [1.54, 1.807) is 24.3 Å². The Labute approximate surface area is 124 Å². The Hall–Kier alpha value is -1.07. The van der Waals surface area contributed by atoms with E-state index in [0.29, 0.717) is 20.0 Å². The summed E-state index contributed by atoms with van der Waals surface area (Å²) in [6, 6.07) is 8.44. The lowest BCUT2D eigenvalue weighted by molar-refractivity contribution is 0.0922. The van der Waals surface area contributed by atoms with E-state index in [9.17, 15) is 4.79 Å². The maximum Gasteiger partial charge on any atom is 0.202 e. The largest absolute Gasteiger partial charge is 0.485 e. The maximum atomic E-state index is 11.9. The summed E-state index contributed by atoms with van der Waals surface area (Å²) in [5.74, 6) is 0.292. The van der Waals surface area contributed by atoms with Gasteiger partial charge >= 0.3 is 0 Å². The molecule has 0 amide bonds. The van der Waals surface area contributed by atoms with Crippen molar-refractivity contribution in [3.63, 3.8) is 0 Å². The lowest BCUT2D eigenvalue weighted by Gasteiger charge is -2.06. The number of halogens is 2. The van der Waals surface area contributed by atoms with Crippen LogP contribution in [0, 0.1) is 0 Å². The second-order valence-corrected chi connectivity index (χ2v) is 6.04. The van der Waals surface area contributed by atoms with E-state index in [-0.39, 0.29) is 19.0 Å². The van der Waals surface area contributed by atoms with Gasteiger partial charge in [-0.05, 0) is 23.8 Å². The highest BCUT2D eigenvalue weighted by Crippen LogP contribution is 2.31. The smallest absolute Gasteiger partial charge is 0.202 e. The molecule has 0 saturated heterocycles. The van der Waals surface area contributed by atoms with Crippen molar-refractivity contribution in [3.8, 4) is 5.75 Å². The predicted octanol–water partition coefficient (Wildman–Crippen LogP) is 3.81. The third kappa shape index (κ3) is 3.70. The highest BCUT2D eigenvalue weighted by Gasteiger charge is 2.14. The summed E-state index contributed by atoms with van der Waals surface area (Å²) in [6.07, 6.45) is 0. The predicted molar refractivity (Wildman–Crippen MR) is 76.5 cm³/mol. The first-order valence-electron chi connectivity index (χ1n) is 5.41. The standard InChI is InChI=1S/C13H10Cl2O3S/c14-12-5-10(13(15)19-12)11(17)7-18-9-3-1-2-8(4-9)6-16/h1-5,16H,6-7H2. The number of aliphatic hydroxyl groups is 1. The first kappa shape index (κ1) is 14.3. The number of thiophene rings is 1. The van der Waals surface area contributed by atoms with Gasteiger partial charge in [-0.1, -0.05) is 35.3 Å². The minimum absolute atomic E-state index is 0.0723. The van der Waals surface area contributed by atoms with Crippen LogP contribution >= 0.6 is 34.5 Å². The van der Waals surface area contributed by atoms with Crippen molar-refractivity contribution in [2.75, 3.05) is 6.61 Å². The molecule has 0 aliphatic carbocycles. The molecular formula is C13H10Cl2O3S. The first-order valence-corrected chi connectivity index (χ1v) is 6.98. The number of carbonyl (C=O) groups excluding carboxylic acids is 1. The average molecular weight is 317 g/mol. The second-order valence-electron chi connectivity index (χ2n) is 3.76. The molecule has 2 rings (SSSR count). The number of hydrogen-bond acceptors (Lipinski definition) is 4. The SMILES string of the molecule is O=C(COc1cccc(CO)c1)c1cc(Cl)sc1Cl. The highest BCUT2D eigenvalue weighted by molar-refractivity contribution is 7.20. The molecule has 1 heterocycles. The van der Waals surface area contributed by atoms with Crippen molar-refractivity contribution < 1.29 is 14.6 Å². The Balaban J connectivity index is 2.02. The number of rotatable bonds is 5. The van der Waals surface area contributed by atoms with Crippen LogP contribution < -0.4 is 4.74 Å². The Morgan fingerprint density at radius 1 is 1.32 bits per heavy atom. The van der Waals surface area contributed by atoms with Gasteiger partial charge in [-0.15, -0.1) is 11.3 Å². The van der Waals surface area contributed by atoms with Crippen molar-refractivity contribution in [3.05, 3.63) is 50.1 Å². The van der Waals surface area contributed by atoms with Crippen LogP contribution in [0.5, 0.6) is 5.75 Å². The number of ether oxygens (including phenoxy) is 1. The minimum atomic E-state index is -0.234. The first-order chi connectivity index (χ1) is 9.10. The van der Waals surface area contributed by atoms with Gasteiger partial charge in [0.25, 0.3) is 0 Å². The zero-order valence-corrected chi connectivity index (χ0v) is 12.1. The molecule has 0 aliphatic rings. The van der Waals surface area contributed by atoms with Gasteiger partial charge in [-0.2, -0.15) is 0 Å². The molecule has 19 heavy (non-hydrogen) atoms. The van der Waals surface area contributed by atoms with Crippen LogP contribution in [0.25, 0.3) is 0 Å². The van der Waals surface area contributed by atoms with E-state index in [0.717, 1.165) is 16.9 Å². The molecule has 2 aromatic rings. The van der Waals surface area contributed by atoms with E-state index < -0.39 is 0 Å². The second kappa shape index (κ2) is 6.39. The quantitative estimate of drug-likeness (QED) is 0.853. The van der Waals surface area contributed by atoms with E-state index >= 15 is 0 Å². The van der Waals surface area contributed by atoms with Gasteiger partial charge < -0.3 is 9.84 Å². The van der Waals surface area contributed by atoms with Crippen molar-refractivity contribution >= 4 is 40.3 Å². The van der Waals surface area contributed by atoms with Gasteiger partial charge in [-0.3, -0.25) is 4.79 Å². The zero-order chi connectivity index (χ0) is 13.8. The molecule has 6 heteroatoms. The highest BCUT2D eigenvalue weighted by atomic mass is 35.5. The fourth-order valence-corrected chi connectivity index (χ4v) is 2.99. The van der Waals surface area contributed by atoms with Gasteiger partial charge in [0, 0.05) is 0 Å². The summed E-state index contributed by atoms with van der Waals surface area (Å²) in [6.45, 7) is -0.196. The Morgan fingerprint density at radius 3 is 2.74 bits per heavy atom. The van der Waals surface area contributed by atoms with Crippen molar-refractivity contribution in [2.24, 2.45) is 0 Å². The summed E-state index contributed by atoms with van der Waals surface area (Å²) in [5, 5.41) is 9.00. The summed E-state index contributed by atoms with van der Waals surface area (Å²) >= 11 is 12.8. The molecule has 1 aromatic heterocycles. The third-order valence-electron chi connectivity index (χ3n) is 2.41. The Bertz CT molecular complexity index is 595. The summed E-state index contributed by atoms with van der Waals surface area (Å²) in [5.41, 5.74) is 1.09. The molecule has 3 nitrogen and oxygen atoms in total. The average Bonchev–Trinajstić information content (AvgIpc) is 2.75. The Morgan fingerprint density at radius 2 is 2.11 bits per heavy atom. The maximum absolute atomic E-state index is 11.9. The zero-order valence-electron chi connectivity index (χ0n) is 9.73. The van der Waals surface area contributed by atoms with Crippen LogP contribution in [-0.4, -0.2) is 17.5 Å². The molecule has 0 spiro atoms. The van der Waals surface area contributed by atoms with Gasteiger partial charge in [-0.25, -0.2) is 0 Å². The Kier molecular flexibility index (Phi) is 4.82. The molecule has 0 saturated carbocycles. The molecule has 100 valence electrons. The van der Waals surface area contributed by atoms with Crippen LogP contribution in [-0.2, 0) is 6.61 Å². The van der Waals surface area contributed by atoms with E-state index in [1.807, 2.05) is 0 Å². The molecule has 0 aliphatic heterocycles.